The lowest BCUT2D eigenvalue weighted by molar-refractivity contribution is 0.109. The van der Waals surface area contributed by atoms with E-state index in [2.05, 4.69) is 10.5 Å². The number of nitrogens with one attached hydrogen (secondary N) is 1. The zero-order chi connectivity index (χ0) is 7.82. The molecular weight excluding hydrogens is 156 g/mol. The molecule has 62 valence electrons. The van der Waals surface area contributed by atoms with Crippen molar-refractivity contribution in [2.75, 3.05) is 26.3 Å². The van der Waals surface area contributed by atoms with Crippen LogP contribution in [0.2, 0.25) is 0 Å². The van der Waals surface area contributed by atoms with Crippen molar-refractivity contribution in [1.82, 2.24) is 5.32 Å². The van der Waals surface area contributed by atoms with E-state index in [1.165, 1.54) is 0 Å². The third-order valence-electron chi connectivity index (χ3n) is 0.846. The first kappa shape index (κ1) is 9.83. The number of ether oxygens (including phenoxy) is 1. The van der Waals surface area contributed by atoms with Gasteiger partial charge in [0.15, 0.2) is 10.9 Å². The predicted molar refractivity (Wildman–Crippen MR) is 38.2 cm³/mol. The monoisotopic (exact) mass is 168 g/mol. The summed E-state index contributed by atoms with van der Waals surface area (Å²) < 4.78 is 22.6. The molecule has 0 spiro atoms. The lowest BCUT2D eigenvalue weighted by atomic mass is 10.5. The van der Waals surface area contributed by atoms with E-state index in [0.717, 1.165) is 26.3 Å². The SMILES string of the molecule is C1COCCN1.N[SH](=O)=O. The van der Waals surface area contributed by atoms with E-state index in [1.807, 2.05) is 0 Å². The molecule has 1 aliphatic rings. The summed E-state index contributed by atoms with van der Waals surface area (Å²) in [5.41, 5.74) is 0. The number of hydrogen-bond acceptors (Lipinski definition) is 4. The molecule has 1 heterocycles. The molecule has 0 unspecified atom stereocenters. The maximum atomic E-state index is 8.81. The highest BCUT2D eigenvalue weighted by Crippen LogP contribution is 1.76. The Morgan fingerprint density at radius 2 is 1.70 bits per heavy atom. The van der Waals surface area contributed by atoms with Gasteiger partial charge in [0.05, 0.1) is 13.2 Å². The molecule has 1 saturated heterocycles. The van der Waals surface area contributed by atoms with E-state index in [4.69, 9.17) is 13.2 Å². The molecule has 1 aliphatic heterocycles. The fourth-order valence-corrected chi connectivity index (χ4v) is 0.516. The van der Waals surface area contributed by atoms with Gasteiger partial charge in [0.1, 0.15) is 0 Å². The first-order valence-corrected chi connectivity index (χ1v) is 4.15. The van der Waals surface area contributed by atoms with Crippen molar-refractivity contribution in [1.29, 1.82) is 0 Å². The van der Waals surface area contributed by atoms with E-state index < -0.39 is 10.9 Å². The zero-order valence-corrected chi connectivity index (χ0v) is 6.47. The Morgan fingerprint density at radius 1 is 1.30 bits per heavy atom. The minimum absolute atomic E-state index is 0.889. The number of thiol groups is 1. The average molecular weight is 168 g/mol. The van der Waals surface area contributed by atoms with Crippen LogP contribution in [0, 0.1) is 0 Å². The highest BCUT2D eigenvalue weighted by Gasteiger charge is 1.92. The number of nitrogens with two attached hydrogens (primary N) is 1. The molecule has 0 radical (unpaired) electrons. The van der Waals surface area contributed by atoms with Crippen molar-refractivity contribution >= 4 is 10.9 Å². The Kier molecular flexibility index (Phi) is 6.83. The van der Waals surface area contributed by atoms with Crippen molar-refractivity contribution in [2.24, 2.45) is 5.14 Å². The largest absolute Gasteiger partial charge is 0.379 e. The topological polar surface area (TPSA) is 81.4 Å². The van der Waals surface area contributed by atoms with Crippen molar-refractivity contribution in [2.45, 2.75) is 0 Å². The first-order chi connectivity index (χ1) is 4.73. The minimum atomic E-state index is -2.62. The number of hydrogen-bond donors (Lipinski definition) is 3. The standard InChI is InChI=1S/C4H9NO.H3NO2S/c1-3-6-4-2-5-1;1-4(2)3/h5H,1-4H2;4H,(H2,1,2,3). The van der Waals surface area contributed by atoms with Gasteiger partial charge in [0, 0.05) is 13.1 Å². The molecule has 0 saturated carbocycles. The van der Waals surface area contributed by atoms with Crippen molar-refractivity contribution < 1.29 is 13.2 Å². The summed E-state index contributed by atoms with van der Waals surface area (Å²) in [7, 11) is -2.62. The van der Waals surface area contributed by atoms with Gasteiger partial charge in [-0.3, -0.25) is 0 Å². The minimum Gasteiger partial charge on any atom is -0.379 e. The van der Waals surface area contributed by atoms with Gasteiger partial charge in [-0.25, -0.2) is 13.6 Å². The zero-order valence-electron chi connectivity index (χ0n) is 5.58. The molecule has 0 aromatic heterocycles. The lowest BCUT2D eigenvalue weighted by Crippen LogP contribution is -2.30. The van der Waals surface area contributed by atoms with Gasteiger partial charge >= 0.3 is 0 Å². The fourth-order valence-electron chi connectivity index (χ4n) is 0.516. The smallest absolute Gasteiger partial charge is 0.198 e. The lowest BCUT2D eigenvalue weighted by Gasteiger charge is -2.10. The van der Waals surface area contributed by atoms with Gasteiger partial charge in [-0.15, -0.1) is 0 Å². The molecule has 5 nitrogen and oxygen atoms in total. The second-order valence-corrected chi connectivity index (χ2v) is 2.22. The van der Waals surface area contributed by atoms with Crippen LogP contribution in [0.15, 0.2) is 0 Å². The summed E-state index contributed by atoms with van der Waals surface area (Å²) in [6.45, 7) is 3.83. The molecule has 0 aliphatic carbocycles. The summed E-state index contributed by atoms with van der Waals surface area (Å²) in [6, 6.07) is 0. The average Bonchev–Trinajstić information content (AvgIpc) is 1.90. The van der Waals surface area contributed by atoms with Gasteiger partial charge < -0.3 is 10.1 Å². The Morgan fingerprint density at radius 3 is 1.80 bits per heavy atom. The summed E-state index contributed by atoms with van der Waals surface area (Å²) >= 11 is 0. The molecular formula is C4H12N2O3S. The first-order valence-electron chi connectivity index (χ1n) is 2.91. The third kappa shape index (κ3) is 10.7. The van der Waals surface area contributed by atoms with Crippen LogP contribution in [-0.4, -0.2) is 34.7 Å². The highest BCUT2D eigenvalue weighted by atomic mass is 32.2. The molecule has 0 bridgehead atoms. The summed E-state index contributed by atoms with van der Waals surface area (Å²) in [5, 5.41) is 7.22. The Labute approximate surface area is 61.6 Å². The van der Waals surface area contributed by atoms with Crippen molar-refractivity contribution in [3.8, 4) is 0 Å². The van der Waals surface area contributed by atoms with E-state index in [9.17, 15) is 0 Å². The summed E-state index contributed by atoms with van der Waals surface area (Å²) in [5.74, 6) is 0. The quantitative estimate of drug-likeness (QED) is 0.368. The maximum Gasteiger partial charge on any atom is 0.198 e. The molecule has 0 aromatic carbocycles. The highest BCUT2D eigenvalue weighted by molar-refractivity contribution is 7.69. The predicted octanol–water partition coefficient (Wildman–Crippen LogP) is -1.92. The van der Waals surface area contributed by atoms with Crippen LogP contribution in [-0.2, 0) is 15.6 Å². The Hall–Kier alpha value is -0.170. The molecule has 1 fully saturated rings. The van der Waals surface area contributed by atoms with Gasteiger partial charge in [-0.05, 0) is 0 Å². The van der Waals surface area contributed by atoms with Gasteiger partial charge in [-0.2, -0.15) is 0 Å². The van der Waals surface area contributed by atoms with Gasteiger partial charge in [-0.1, -0.05) is 0 Å². The van der Waals surface area contributed by atoms with Gasteiger partial charge in [0.25, 0.3) is 0 Å². The van der Waals surface area contributed by atoms with Crippen molar-refractivity contribution in [3.63, 3.8) is 0 Å². The number of morpholine rings is 1. The second-order valence-electron chi connectivity index (χ2n) is 1.65. The summed E-state index contributed by atoms with van der Waals surface area (Å²) in [6.07, 6.45) is 0. The molecule has 0 amide bonds. The number of rotatable bonds is 0. The van der Waals surface area contributed by atoms with Crippen molar-refractivity contribution in [3.05, 3.63) is 0 Å². The van der Waals surface area contributed by atoms with E-state index in [0.29, 0.717) is 0 Å². The third-order valence-corrected chi connectivity index (χ3v) is 0.846. The van der Waals surface area contributed by atoms with E-state index in [1.54, 1.807) is 0 Å². The molecule has 0 atom stereocenters. The van der Waals surface area contributed by atoms with Crippen LogP contribution in [0.5, 0.6) is 0 Å². The second kappa shape index (κ2) is 6.94. The molecule has 10 heavy (non-hydrogen) atoms. The Balaban J connectivity index is 0.000000180. The van der Waals surface area contributed by atoms with E-state index in [-0.39, 0.29) is 0 Å². The Bertz CT molecular complexity index is 113. The van der Waals surface area contributed by atoms with Crippen LogP contribution in [0.25, 0.3) is 0 Å². The van der Waals surface area contributed by atoms with E-state index >= 15 is 0 Å². The maximum absolute atomic E-state index is 8.81. The van der Waals surface area contributed by atoms with Crippen LogP contribution >= 0.6 is 0 Å². The molecule has 6 heteroatoms. The van der Waals surface area contributed by atoms with Crippen LogP contribution in [0.3, 0.4) is 0 Å². The van der Waals surface area contributed by atoms with Gasteiger partial charge in [0.2, 0.25) is 0 Å². The molecule has 0 aromatic rings. The fraction of sp³-hybridized carbons (Fsp3) is 1.00. The van der Waals surface area contributed by atoms with Crippen LogP contribution in [0.4, 0.5) is 0 Å². The summed E-state index contributed by atoms with van der Waals surface area (Å²) in [4.78, 5) is 0. The van der Waals surface area contributed by atoms with Crippen LogP contribution < -0.4 is 10.5 Å². The normalized spacial score (nSPS) is 17.8. The molecule has 1 rings (SSSR count). The molecule has 3 N–H and O–H groups in total. The van der Waals surface area contributed by atoms with Crippen LogP contribution in [0.1, 0.15) is 0 Å².